The Kier molecular flexibility index (Phi) is 4.97. The third-order valence-electron chi connectivity index (χ3n) is 4.23. The number of benzene rings is 2. The number of hydrogen-bond donors (Lipinski definition) is 1. The Morgan fingerprint density at radius 3 is 2.24 bits per heavy atom. The Hall–Kier alpha value is -2.89. The molecule has 0 spiro atoms. The second kappa shape index (κ2) is 7.34. The lowest BCUT2D eigenvalue weighted by Gasteiger charge is -2.36. The van der Waals surface area contributed by atoms with Crippen molar-refractivity contribution in [2.45, 2.75) is 6.92 Å². The fourth-order valence-electron chi connectivity index (χ4n) is 2.96. The van der Waals surface area contributed by atoms with Crippen LogP contribution in [0, 0.1) is 5.82 Å². The number of para-hydroxylation sites is 1. The van der Waals surface area contributed by atoms with Crippen molar-refractivity contribution in [3.63, 3.8) is 0 Å². The van der Waals surface area contributed by atoms with Crippen LogP contribution in [0.3, 0.4) is 0 Å². The summed E-state index contributed by atoms with van der Waals surface area (Å²) in [5.74, 6) is -0.559. The molecule has 0 atom stereocenters. The molecule has 3 rings (SSSR count). The number of piperazine rings is 1. The third-order valence-corrected chi connectivity index (χ3v) is 4.23. The monoisotopic (exact) mass is 341 g/mol. The Bertz CT molecular complexity index is 768. The molecule has 0 radical (unpaired) electrons. The first-order valence-electron chi connectivity index (χ1n) is 8.21. The summed E-state index contributed by atoms with van der Waals surface area (Å²) in [6.07, 6.45) is 0. The fraction of sp³-hybridized carbons (Fsp3) is 0.263. The highest BCUT2D eigenvalue weighted by molar-refractivity contribution is 6.03. The van der Waals surface area contributed by atoms with E-state index in [1.165, 1.54) is 19.1 Å². The van der Waals surface area contributed by atoms with Gasteiger partial charge in [-0.1, -0.05) is 12.1 Å². The zero-order chi connectivity index (χ0) is 17.8. The summed E-state index contributed by atoms with van der Waals surface area (Å²) in [6.45, 7) is 3.93. The van der Waals surface area contributed by atoms with Gasteiger partial charge in [-0.05, 0) is 36.4 Å². The van der Waals surface area contributed by atoms with Crippen molar-refractivity contribution < 1.29 is 14.0 Å². The van der Waals surface area contributed by atoms with Gasteiger partial charge in [0.15, 0.2) is 0 Å². The molecule has 2 aromatic rings. The molecule has 0 bridgehead atoms. The maximum absolute atomic E-state index is 13.0. The average Bonchev–Trinajstić information content (AvgIpc) is 2.62. The number of amides is 2. The zero-order valence-electron chi connectivity index (χ0n) is 14.0. The first kappa shape index (κ1) is 17.0. The van der Waals surface area contributed by atoms with Gasteiger partial charge in [-0.2, -0.15) is 0 Å². The van der Waals surface area contributed by atoms with E-state index >= 15 is 0 Å². The minimum absolute atomic E-state index is 0.0943. The molecule has 1 fully saturated rings. The van der Waals surface area contributed by atoms with Crippen LogP contribution in [0.4, 0.5) is 15.8 Å². The molecule has 0 aromatic heterocycles. The second-order valence-corrected chi connectivity index (χ2v) is 5.98. The molecule has 1 aliphatic heterocycles. The summed E-state index contributed by atoms with van der Waals surface area (Å²) in [5.41, 5.74) is 1.97. The number of anilines is 2. The van der Waals surface area contributed by atoms with Crippen LogP contribution in [0.5, 0.6) is 0 Å². The standard InChI is InChI=1S/C19H20FN3O2/c1-14(24)21-18-5-3-2-4-17(18)19(25)23-12-10-22(11-13-23)16-8-6-15(20)7-9-16/h2-9H,10-13H2,1H3,(H,21,24). The Balaban J connectivity index is 1.68. The van der Waals surface area contributed by atoms with E-state index in [2.05, 4.69) is 10.2 Å². The van der Waals surface area contributed by atoms with Gasteiger partial charge in [0.1, 0.15) is 5.82 Å². The van der Waals surface area contributed by atoms with Crippen LogP contribution in [0.25, 0.3) is 0 Å². The van der Waals surface area contributed by atoms with Crippen molar-refractivity contribution in [1.29, 1.82) is 0 Å². The molecular formula is C19H20FN3O2. The SMILES string of the molecule is CC(=O)Nc1ccccc1C(=O)N1CCN(c2ccc(F)cc2)CC1. The van der Waals surface area contributed by atoms with Crippen molar-refractivity contribution >= 4 is 23.2 Å². The van der Waals surface area contributed by atoms with Crippen molar-refractivity contribution in [1.82, 2.24) is 4.90 Å². The molecule has 0 aliphatic carbocycles. The second-order valence-electron chi connectivity index (χ2n) is 5.98. The van der Waals surface area contributed by atoms with Crippen LogP contribution < -0.4 is 10.2 Å². The molecule has 6 heteroatoms. The Labute approximate surface area is 146 Å². The molecule has 1 heterocycles. The summed E-state index contributed by atoms with van der Waals surface area (Å²) in [4.78, 5) is 28.0. The largest absolute Gasteiger partial charge is 0.368 e. The molecule has 130 valence electrons. The van der Waals surface area contributed by atoms with E-state index in [-0.39, 0.29) is 17.6 Å². The maximum Gasteiger partial charge on any atom is 0.256 e. The van der Waals surface area contributed by atoms with Crippen LogP contribution in [0.2, 0.25) is 0 Å². The van der Waals surface area contributed by atoms with E-state index in [1.54, 1.807) is 41.3 Å². The highest BCUT2D eigenvalue weighted by Crippen LogP contribution is 2.21. The maximum atomic E-state index is 13.0. The lowest BCUT2D eigenvalue weighted by Crippen LogP contribution is -2.48. The summed E-state index contributed by atoms with van der Waals surface area (Å²) >= 11 is 0. The van der Waals surface area contributed by atoms with Gasteiger partial charge in [-0.15, -0.1) is 0 Å². The highest BCUT2D eigenvalue weighted by atomic mass is 19.1. The normalized spacial score (nSPS) is 14.3. The number of nitrogens with zero attached hydrogens (tertiary/aromatic N) is 2. The molecule has 0 saturated carbocycles. The molecule has 1 aliphatic rings. The van der Waals surface area contributed by atoms with Gasteiger partial charge >= 0.3 is 0 Å². The summed E-state index contributed by atoms with van der Waals surface area (Å²) in [5, 5.41) is 2.70. The molecule has 2 amide bonds. The van der Waals surface area contributed by atoms with Gasteiger partial charge in [-0.25, -0.2) is 4.39 Å². The number of nitrogens with one attached hydrogen (secondary N) is 1. The van der Waals surface area contributed by atoms with Crippen molar-refractivity contribution in [3.05, 3.63) is 59.9 Å². The summed E-state index contributed by atoms with van der Waals surface area (Å²) in [7, 11) is 0. The first-order valence-corrected chi connectivity index (χ1v) is 8.21. The Morgan fingerprint density at radius 2 is 1.60 bits per heavy atom. The zero-order valence-corrected chi connectivity index (χ0v) is 14.0. The van der Waals surface area contributed by atoms with Crippen LogP contribution in [-0.2, 0) is 4.79 Å². The molecule has 5 nitrogen and oxygen atoms in total. The summed E-state index contributed by atoms with van der Waals surface area (Å²) < 4.78 is 13.0. The average molecular weight is 341 g/mol. The van der Waals surface area contributed by atoms with E-state index in [1.807, 2.05) is 0 Å². The quantitative estimate of drug-likeness (QED) is 0.934. The van der Waals surface area contributed by atoms with Crippen molar-refractivity contribution in [3.8, 4) is 0 Å². The number of rotatable bonds is 3. The lowest BCUT2D eigenvalue weighted by molar-refractivity contribution is -0.114. The van der Waals surface area contributed by atoms with Crippen LogP contribution in [0.15, 0.2) is 48.5 Å². The smallest absolute Gasteiger partial charge is 0.256 e. The van der Waals surface area contributed by atoms with E-state index in [0.29, 0.717) is 37.4 Å². The predicted molar refractivity (Wildman–Crippen MR) is 95.3 cm³/mol. The molecule has 25 heavy (non-hydrogen) atoms. The van der Waals surface area contributed by atoms with Crippen molar-refractivity contribution in [2.75, 3.05) is 36.4 Å². The van der Waals surface area contributed by atoms with E-state index in [4.69, 9.17) is 0 Å². The van der Waals surface area contributed by atoms with Gasteiger partial charge in [-0.3, -0.25) is 9.59 Å². The minimum atomic E-state index is -0.257. The Morgan fingerprint density at radius 1 is 0.960 bits per heavy atom. The van der Waals surface area contributed by atoms with Gasteiger partial charge in [0.05, 0.1) is 11.3 Å². The number of halogens is 1. The predicted octanol–water partition coefficient (Wildman–Crippen LogP) is 2.75. The van der Waals surface area contributed by atoms with Gasteiger partial charge in [0, 0.05) is 38.8 Å². The van der Waals surface area contributed by atoms with E-state index in [9.17, 15) is 14.0 Å². The number of carbonyl (C=O) groups excluding carboxylic acids is 2. The molecule has 1 saturated heterocycles. The summed E-state index contributed by atoms with van der Waals surface area (Å²) in [6, 6.07) is 13.4. The van der Waals surface area contributed by atoms with Crippen LogP contribution in [-0.4, -0.2) is 42.9 Å². The number of hydrogen-bond acceptors (Lipinski definition) is 3. The highest BCUT2D eigenvalue weighted by Gasteiger charge is 2.24. The topological polar surface area (TPSA) is 52.7 Å². The lowest BCUT2D eigenvalue weighted by atomic mass is 10.1. The molecule has 0 unspecified atom stereocenters. The third kappa shape index (κ3) is 3.96. The van der Waals surface area contributed by atoms with Gasteiger partial charge in [0.2, 0.25) is 5.91 Å². The van der Waals surface area contributed by atoms with Crippen LogP contribution in [0.1, 0.15) is 17.3 Å². The number of carbonyl (C=O) groups is 2. The van der Waals surface area contributed by atoms with E-state index < -0.39 is 0 Å². The van der Waals surface area contributed by atoms with Gasteiger partial charge < -0.3 is 15.1 Å². The van der Waals surface area contributed by atoms with E-state index in [0.717, 1.165) is 5.69 Å². The molecule has 2 aromatic carbocycles. The van der Waals surface area contributed by atoms with Crippen molar-refractivity contribution in [2.24, 2.45) is 0 Å². The molecular weight excluding hydrogens is 321 g/mol. The minimum Gasteiger partial charge on any atom is -0.368 e. The first-order chi connectivity index (χ1) is 12.0. The van der Waals surface area contributed by atoms with Gasteiger partial charge in [0.25, 0.3) is 5.91 Å². The fourth-order valence-corrected chi connectivity index (χ4v) is 2.96. The van der Waals surface area contributed by atoms with Crippen LogP contribution >= 0.6 is 0 Å². The molecule has 1 N–H and O–H groups in total.